The summed E-state index contributed by atoms with van der Waals surface area (Å²) >= 11 is 6.06. The summed E-state index contributed by atoms with van der Waals surface area (Å²) in [5.74, 6) is -0.286. The molecule has 1 N–H and O–H groups in total. The fraction of sp³-hybridized carbons (Fsp3) is 0.130. The number of methoxy groups -OCH3 is 1. The smallest absolute Gasteiger partial charge is 0.337 e. The van der Waals surface area contributed by atoms with E-state index in [1.165, 1.54) is 0 Å². The van der Waals surface area contributed by atoms with Crippen molar-refractivity contribution >= 4 is 29.0 Å². The lowest BCUT2D eigenvalue weighted by atomic mass is 9.98. The van der Waals surface area contributed by atoms with Gasteiger partial charge in [0.1, 0.15) is 5.75 Å². The summed E-state index contributed by atoms with van der Waals surface area (Å²) in [6.45, 7) is 0. The molecule has 0 aromatic heterocycles. The van der Waals surface area contributed by atoms with Gasteiger partial charge in [-0.2, -0.15) is 5.10 Å². The predicted octanol–water partition coefficient (Wildman–Crippen LogP) is 5.40. The van der Waals surface area contributed by atoms with Gasteiger partial charge >= 0.3 is 5.97 Å². The highest BCUT2D eigenvalue weighted by molar-refractivity contribution is 6.33. The van der Waals surface area contributed by atoms with Gasteiger partial charge in [-0.25, -0.2) is 4.79 Å². The largest absolute Gasteiger partial charge is 0.497 e. The number of ether oxygens (including phenoxy) is 1. The molecule has 1 aliphatic heterocycles. The zero-order valence-electron chi connectivity index (χ0n) is 15.7. The minimum atomic E-state index is -1.07. The molecular formula is C23H19ClN2O3. The summed E-state index contributed by atoms with van der Waals surface area (Å²) in [5, 5.41) is 16.4. The van der Waals surface area contributed by atoms with E-state index in [2.05, 4.69) is 0 Å². The number of hydrogen-bond donors (Lipinski definition) is 1. The minimum absolute atomic E-state index is 0.0565. The second-order valence-electron chi connectivity index (χ2n) is 6.72. The van der Waals surface area contributed by atoms with Gasteiger partial charge in [0.05, 0.1) is 35.1 Å². The molecule has 0 fully saturated rings. The van der Waals surface area contributed by atoms with Gasteiger partial charge in [0.2, 0.25) is 0 Å². The van der Waals surface area contributed by atoms with Crippen molar-refractivity contribution in [3.63, 3.8) is 0 Å². The van der Waals surface area contributed by atoms with Crippen molar-refractivity contribution in [2.24, 2.45) is 5.10 Å². The van der Waals surface area contributed by atoms with Gasteiger partial charge in [-0.3, -0.25) is 5.01 Å². The molecule has 0 aliphatic carbocycles. The molecular weight excluding hydrogens is 388 g/mol. The van der Waals surface area contributed by atoms with Crippen molar-refractivity contribution in [2.75, 3.05) is 12.1 Å². The Kier molecular flexibility index (Phi) is 5.23. The number of benzene rings is 3. The van der Waals surface area contributed by atoms with Crippen molar-refractivity contribution in [3.8, 4) is 5.75 Å². The third-order valence-corrected chi connectivity index (χ3v) is 5.29. The van der Waals surface area contributed by atoms with Crippen LogP contribution in [0.1, 0.15) is 33.9 Å². The van der Waals surface area contributed by atoms with E-state index in [0.29, 0.717) is 12.1 Å². The van der Waals surface area contributed by atoms with E-state index < -0.39 is 5.97 Å². The maximum Gasteiger partial charge on any atom is 0.337 e. The van der Waals surface area contributed by atoms with Crippen LogP contribution in [0.3, 0.4) is 0 Å². The van der Waals surface area contributed by atoms with Crippen LogP contribution in [0.2, 0.25) is 5.02 Å². The Hall–Kier alpha value is -3.31. The number of rotatable bonds is 5. The molecule has 1 heterocycles. The van der Waals surface area contributed by atoms with E-state index in [0.717, 1.165) is 22.6 Å². The van der Waals surface area contributed by atoms with Gasteiger partial charge in [0, 0.05) is 6.42 Å². The number of carboxylic acids is 1. The topological polar surface area (TPSA) is 62.1 Å². The summed E-state index contributed by atoms with van der Waals surface area (Å²) in [7, 11) is 1.63. The Morgan fingerprint density at radius 1 is 1.10 bits per heavy atom. The number of nitrogens with zero attached hydrogens (tertiary/aromatic N) is 2. The van der Waals surface area contributed by atoms with Crippen molar-refractivity contribution < 1.29 is 14.6 Å². The third-order valence-electron chi connectivity index (χ3n) is 4.96. The number of hydrazone groups is 1. The zero-order valence-corrected chi connectivity index (χ0v) is 16.5. The Labute approximate surface area is 173 Å². The van der Waals surface area contributed by atoms with Gasteiger partial charge in [0.25, 0.3) is 0 Å². The van der Waals surface area contributed by atoms with Gasteiger partial charge in [-0.1, -0.05) is 54.1 Å². The molecule has 0 unspecified atom stereocenters. The number of anilines is 1. The number of aromatic carboxylic acids is 1. The summed E-state index contributed by atoms with van der Waals surface area (Å²) in [4.78, 5) is 11.5. The van der Waals surface area contributed by atoms with Gasteiger partial charge in [-0.15, -0.1) is 0 Å². The van der Waals surface area contributed by atoms with Crippen LogP contribution in [0.15, 0.2) is 77.9 Å². The lowest BCUT2D eigenvalue weighted by Crippen LogP contribution is -2.19. The molecule has 146 valence electrons. The minimum Gasteiger partial charge on any atom is -0.497 e. The first-order valence-corrected chi connectivity index (χ1v) is 9.53. The maximum atomic E-state index is 11.5. The number of hydrogen-bond acceptors (Lipinski definition) is 4. The van der Waals surface area contributed by atoms with E-state index in [9.17, 15) is 9.90 Å². The molecule has 1 aliphatic rings. The highest BCUT2D eigenvalue weighted by Crippen LogP contribution is 2.38. The predicted molar refractivity (Wildman–Crippen MR) is 114 cm³/mol. The maximum absolute atomic E-state index is 11.5. The fourth-order valence-electron chi connectivity index (χ4n) is 3.46. The van der Waals surface area contributed by atoms with Crippen LogP contribution >= 0.6 is 11.6 Å². The summed E-state index contributed by atoms with van der Waals surface area (Å²) < 4.78 is 5.27. The lowest BCUT2D eigenvalue weighted by molar-refractivity contribution is 0.0697. The first-order valence-electron chi connectivity index (χ1n) is 9.16. The molecule has 0 saturated heterocycles. The second-order valence-corrected chi connectivity index (χ2v) is 7.13. The Balaban J connectivity index is 1.77. The number of carboxylic acid groups (broad SMARTS) is 1. The molecule has 3 aromatic rings. The Morgan fingerprint density at radius 3 is 2.48 bits per heavy atom. The van der Waals surface area contributed by atoms with Crippen LogP contribution in [-0.4, -0.2) is 23.9 Å². The number of halogens is 1. The van der Waals surface area contributed by atoms with Crippen LogP contribution < -0.4 is 9.75 Å². The summed E-state index contributed by atoms with van der Waals surface area (Å²) in [6.07, 6.45) is 0.696. The molecule has 29 heavy (non-hydrogen) atoms. The van der Waals surface area contributed by atoms with E-state index >= 15 is 0 Å². The standard InChI is InChI=1S/C23H19ClN2O3/c1-29-18-10-7-16(8-11-18)22-14-21(15-5-3-2-4-6-15)25-26(22)17-9-12-20(24)19(13-17)23(27)28/h2-13,22H,14H2,1H3,(H,27,28)/t22-/m0/s1. The number of carbonyl (C=O) groups is 1. The molecule has 0 saturated carbocycles. The molecule has 6 heteroatoms. The highest BCUT2D eigenvalue weighted by atomic mass is 35.5. The van der Waals surface area contributed by atoms with Crippen molar-refractivity contribution in [2.45, 2.75) is 12.5 Å². The molecule has 0 bridgehead atoms. The zero-order chi connectivity index (χ0) is 20.4. The summed E-state index contributed by atoms with van der Waals surface area (Å²) in [6, 6.07) is 22.7. The second kappa shape index (κ2) is 7.97. The Bertz CT molecular complexity index is 1070. The van der Waals surface area contributed by atoms with Gasteiger partial charge < -0.3 is 9.84 Å². The van der Waals surface area contributed by atoms with Crippen LogP contribution in [0.5, 0.6) is 5.75 Å². The SMILES string of the molecule is COc1ccc([C@@H]2CC(c3ccccc3)=NN2c2ccc(Cl)c(C(=O)O)c2)cc1. The summed E-state index contributed by atoms with van der Waals surface area (Å²) in [5.41, 5.74) is 3.78. The van der Waals surface area contributed by atoms with Gasteiger partial charge in [0.15, 0.2) is 0 Å². The van der Waals surface area contributed by atoms with E-state index in [4.69, 9.17) is 21.4 Å². The fourth-order valence-corrected chi connectivity index (χ4v) is 3.66. The van der Waals surface area contributed by atoms with E-state index in [1.807, 2.05) is 59.6 Å². The first-order chi connectivity index (χ1) is 14.1. The molecule has 0 amide bonds. The van der Waals surface area contributed by atoms with Crippen molar-refractivity contribution in [1.82, 2.24) is 0 Å². The average Bonchev–Trinajstić information content (AvgIpc) is 3.20. The van der Waals surface area contributed by atoms with Crippen LogP contribution in [0.25, 0.3) is 0 Å². The molecule has 1 atom stereocenters. The van der Waals surface area contributed by atoms with Crippen LogP contribution in [0, 0.1) is 0 Å². The third kappa shape index (κ3) is 3.82. The monoisotopic (exact) mass is 406 g/mol. The molecule has 0 spiro atoms. The highest BCUT2D eigenvalue weighted by Gasteiger charge is 2.30. The van der Waals surface area contributed by atoms with E-state index in [-0.39, 0.29) is 16.6 Å². The molecule has 3 aromatic carbocycles. The normalized spacial score (nSPS) is 15.9. The average molecular weight is 407 g/mol. The molecule has 0 radical (unpaired) electrons. The first kappa shape index (κ1) is 19.0. The quantitative estimate of drug-likeness (QED) is 0.616. The van der Waals surface area contributed by atoms with Crippen LogP contribution in [-0.2, 0) is 0 Å². The molecule has 5 nitrogen and oxygen atoms in total. The Morgan fingerprint density at radius 2 is 1.83 bits per heavy atom. The molecule has 4 rings (SSSR count). The lowest BCUT2D eigenvalue weighted by Gasteiger charge is -2.24. The van der Waals surface area contributed by atoms with Crippen molar-refractivity contribution in [1.29, 1.82) is 0 Å². The van der Waals surface area contributed by atoms with Crippen molar-refractivity contribution in [3.05, 3.63) is 94.5 Å². The van der Waals surface area contributed by atoms with Crippen LogP contribution in [0.4, 0.5) is 5.69 Å². The van der Waals surface area contributed by atoms with E-state index in [1.54, 1.807) is 25.3 Å². The van der Waals surface area contributed by atoms with Gasteiger partial charge in [-0.05, 0) is 41.5 Å².